The predicted octanol–water partition coefficient (Wildman–Crippen LogP) is 2.66. The highest BCUT2D eigenvalue weighted by atomic mass is 32.1. The summed E-state index contributed by atoms with van der Waals surface area (Å²) < 4.78 is 0. The third kappa shape index (κ3) is 4.25. The van der Waals surface area contributed by atoms with Crippen LogP contribution in [0.4, 0.5) is 0 Å². The molecule has 48 valence electrons. The van der Waals surface area contributed by atoms with E-state index in [-0.39, 0.29) is 0 Å². The van der Waals surface area contributed by atoms with Crippen molar-refractivity contribution >= 4 is 12.6 Å². The van der Waals surface area contributed by atoms with Crippen LogP contribution in [0.3, 0.4) is 0 Å². The summed E-state index contributed by atoms with van der Waals surface area (Å²) in [6.45, 7) is 5.82. The Kier molecular flexibility index (Phi) is 5.29. The van der Waals surface area contributed by atoms with Gasteiger partial charge in [-0.05, 0) is 6.42 Å². The molecule has 8 heavy (non-hydrogen) atoms. The summed E-state index contributed by atoms with van der Waals surface area (Å²) >= 11 is 4.25. The zero-order valence-electron chi connectivity index (χ0n) is 5.43. The number of thiol groups is 1. The van der Waals surface area contributed by atoms with E-state index in [0.29, 0.717) is 5.25 Å². The average molecular weight is 130 g/mol. The predicted molar refractivity (Wildman–Crippen MR) is 42.5 cm³/mol. The van der Waals surface area contributed by atoms with Gasteiger partial charge in [-0.3, -0.25) is 0 Å². The van der Waals surface area contributed by atoms with Crippen LogP contribution in [0.15, 0.2) is 12.7 Å². The first kappa shape index (κ1) is 8.09. The molecule has 0 aliphatic rings. The molecular formula is C7H14S. The summed E-state index contributed by atoms with van der Waals surface area (Å²) in [5.41, 5.74) is 0. The van der Waals surface area contributed by atoms with E-state index in [1.54, 1.807) is 0 Å². The van der Waals surface area contributed by atoms with Gasteiger partial charge in [0.05, 0.1) is 0 Å². The van der Waals surface area contributed by atoms with E-state index < -0.39 is 0 Å². The van der Waals surface area contributed by atoms with Crippen LogP contribution in [0, 0.1) is 0 Å². The summed E-state index contributed by atoms with van der Waals surface area (Å²) in [4.78, 5) is 0. The summed E-state index contributed by atoms with van der Waals surface area (Å²) in [6, 6.07) is 0. The van der Waals surface area contributed by atoms with Crippen molar-refractivity contribution in [1.29, 1.82) is 0 Å². The molecular weight excluding hydrogens is 116 g/mol. The van der Waals surface area contributed by atoms with Gasteiger partial charge in [-0.25, -0.2) is 0 Å². The Balaban J connectivity index is 2.98. The Morgan fingerprint density at radius 3 is 2.75 bits per heavy atom. The number of rotatable bonds is 4. The molecule has 1 unspecified atom stereocenters. The molecule has 0 radical (unpaired) electrons. The maximum atomic E-state index is 4.25. The first-order valence-electron chi connectivity index (χ1n) is 3.12. The van der Waals surface area contributed by atoms with Crippen LogP contribution in [0.1, 0.15) is 26.2 Å². The van der Waals surface area contributed by atoms with Gasteiger partial charge in [-0.1, -0.05) is 25.8 Å². The van der Waals surface area contributed by atoms with Gasteiger partial charge < -0.3 is 0 Å². The Labute approximate surface area is 57.4 Å². The van der Waals surface area contributed by atoms with Gasteiger partial charge in [-0.2, -0.15) is 12.6 Å². The molecule has 0 aromatic heterocycles. The molecule has 0 aromatic rings. The van der Waals surface area contributed by atoms with Gasteiger partial charge in [-0.15, -0.1) is 6.58 Å². The molecule has 0 N–H and O–H groups in total. The highest BCUT2D eigenvalue weighted by molar-refractivity contribution is 7.81. The van der Waals surface area contributed by atoms with Gasteiger partial charge in [0.1, 0.15) is 0 Å². The standard InChI is InChI=1S/C7H14S/c1-3-5-6-7(8)4-2/h4,7-8H,2-3,5-6H2,1H3. The van der Waals surface area contributed by atoms with Gasteiger partial charge in [0.2, 0.25) is 0 Å². The number of unbranched alkanes of at least 4 members (excludes halogenated alkanes) is 1. The summed E-state index contributed by atoms with van der Waals surface area (Å²) in [5, 5.41) is 0.412. The van der Waals surface area contributed by atoms with Crippen LogP contribution in [-0.2, 0) is 0 Å². The smallest absolute Gasteiger partial charge is 0.0194 e. The molecule has 0 aliphatic heterocycles. The van der Waals surface area contributed by atoms with Gasteiger partial charge in [0, 0.05) is 5.25 Å². The van der Waals surface area contributed by atoms with Crippen molar-refractivity contribution in [1.82, 2.24) is 0 Å². The largest absolute Gasteiger partial charge is 0.172 e. The van der Waals surface area contributed by atoms with Gasteiger partial charge in [0.15, 0.2) is 0 Å². The highest BCUT2D eigenvalue weighted by Gasteiger charge is 1.92. The van der Waals surface area contributed by atoms with Crippen molar-refractivity contribution in [3.05, 3.63) is 12.7 Å². The Morgan fingerprint density at radius 1 is 1.75 bits per heavy atom. The second-order valence-electron chi connectivity index (χ2n) is 1.95. The first-order valence-corrected chi connectivity index (χ1v) is 3.63. The van der Waals surface area contributed by atoms with E-state index in [0.717, 1.165) is 0 Å². The SMILES string of the molecule is C=CC(S)CCCC. The second kappa shape index (κ2) is 5.23. The topological polar surface area (TPSA) is 0 Å². The van der Waals surface area contributed by atoms with Crippen LogP contribution >= 0.6 is 12.6 Å². The molecule has 0 saturated heterocycles. The minimum atomic E-state index is 0.412. The molecule has 0 spiro atoms. The zero-order valence-corrected chi connectivity index (χ0v) is 6.32. The summed E-state index contributed by atoms with van der Waals surface area (Å²) in [5.74, 6) is 0. The fourth-order valence-electron chi connectivity index (χ4n) is 0.531. The lowest BCUT2D eigenvalue weighted by Gasteiger charge is -2.00. The highest BCUT2D eigenvalue weighted by Crippen LogP contribution is 2.06. The van der Waals surface area contributed by atoms with Crippen molar-refractivity contribution in [2.45, 2.75) is 31.4 Å². The molecule has 1 atom stereocenters. The lowest BCUT2D eigenvalue weighted by atomic mass is 10.2. The fourth-order valence-corrected chi connectivity index (χ4v) is 0.714. The Bertz CT molecular complexity index is 59.4. The molecule has 1 heteroatoms. The molecule has 0 amide bonds. The minimum Gasteiger partial charge on any atom is -0.172 e. The molecule has 0 aromatic carbocycles. The van der Waals surface area contributed by atoms with Crippen LogP contribution in [-0.4, -0.2) is 5.25 Å². The Morgan fingerprint density at radius 2 is 2.38 bits per heavy atom. The van der Waals surface area contributed by atoms with E-state index in [1.807, 2.05) is 6.08 Å². The third-order valence-electron chi connectivity index (χ3n) is 1.13. The second-order valence-corrected chi connectivity index (χ2v) is 2.61. The molecule has 0 nitrogen and oxygen atoms in total. The average Bonchev–Trinajstić information content (AvgIpc) is 1.83. The lowest BCUT2D eigenvalue weighted by molar-refractivity contribution is 0.740. The lowest BCUT2D eigenvalue weighted by Crippen LogP contribution is -1.90. The van der Waals surface area contributed by atoms with E-state index in [2.05, 4.69) is 26.1 Å². The van der Waals surface area contributed by atoms with Crippen LogP contribution in [0.2, 0.25) is 0 Å². The third-order valence-corrected chi connectivity index (χ3v) is 1.59. The summed E-state index contributed by atoms with van der Waals surface area (Å²) in [6.07, 6.45) is 5.58. The van der Waals surface area contributed by atoms with Crippen molar-refractivity contribution in [2.24, 2.45) is 0 Å². The fraction of sp³-hybridized carbons (Fsp3) is 0.714. The Hall–Kier alpha value is 0.0900. The van der Waals surface area contributed by atoms with Crippen molar-refractivity contribution in [3.8, 4) is 0 Å². The van der Waals surface area contributed by atoms with Crippen molar-refractivity contribution in [3.63, 3.8) is 0 Å². The zero-order chi connectivity index (χ0) is 6.41. The number of hydrogen-bond donors (Lipinski definition) is 1. The molecule has 0 heterocycles. The van der Waals surface area contributed by atoms with Crippen LogP contribution in [0.5, 0.6) is 0 Å². The quantitative estimate of drug-likeness (QED) is 0.439. The minimum absolute atomic E-state index is 0.412. The molecule has 0 saturated carbocycles. The van der Waals surface area contributed by atoms with Gasteiger partial charge >= 0.3 is 0 Å². The van der Waals surface area contributed by atoms with Crippen molar-refractivity contribution in [2.75, 3.05) is 0 Å². The van der Waals surface area contributed by atoms with E-state index in [9.17, 15) is 0 Å². The van der Waals surface area contributed by atoms with E-state index >= 15 is 0 Å². The van der Waals surface area contributed by atoms with E-state index in [4.69, 9.17) is 0 Å². The van der Waals surface area contributed by atoms with Crippen LogP contribution in [0.25, 0.3) is 0 Å². The molecule has 0 aliphatic carbocycles. The normalized spacial score (nSPS) is 13.2. The first-order chi connectivity index (χ1) is 3.81. The summed E-state index contributed by atoms with van der Waals surface area (Å²) in [7, 11) is 0. The maximum Gasteiger partial charge on any atom is 0.0194 e. The molecule has 0 fully saturated rings. The number of hydrogen-bond acceptors (Lipinski definition) is 1. The van der Waals surface area contributed by atoms with Crippen LogP contribution < -0.4 is 0 Å². The maximum absolute atomic E-state index is 4.25. The van der Waals surface area contributed by atoms with E-state index in [1.165, 1.54) is 19.3 Å². The van der Waals surface area contributed by atoms with Gasteiger partial charge in [0.25, 0.3) is 0 Å². The molecule has 0 bridgehead atoms. The molecule has 0 rings (SSSR count). The monoisotopic (exact) mass is 130 g/mol. The van der Waals surface area contributed by atoms with Crippen molar-refractivity contribution < 1.29 is 0 Å².